The molecule has 14 heteroatoms. The van der Waals surface area contributed by atoms with Gasteiger partial charge in [-0.05, 0) is 74.2 Å². The van der Waals surface area contributed by atoms with E-state index in [9.17, 15) is 22.4 Å². The number of hydrogen-bond donors (Lipinski definition) is 3. The molecule has 0 radical (unpaired) electrons. The van der Waals surface area contributed by atoms with Gasteiger partial charge in [-0.2, -0.15) is 18.2 Å². The number of pyridine rings is 1. The van der Waals surface area contributed by atoms with Crippen LogP contribution >= 0.6 is 0 Å². The lowest BCUT2D eigenvalue weighted by atomic mass is 9.91. The number of aliphatic carboxylic acids is 1. The second-order valence-corrected chi connectivity index (χ2v) is 10.2. The third kappa shape index (κ3) is 8.52. The highest BCUT2D eigenvalue weighted by atomic mass is 19.4. The first kappa shape index (κ1) is 31.9. The molecule has 0 atom stereocenters. The van der Waals surface area contributed by atoms with E-state index < -0.39 is 12.1 Å². The van der Waals surface area contributed by atoms with Crippen molar-refractivity contribution in [3.8, 4) is 11.6 Å². The number of fused-ring (bicyclic) bond motifs is 1. The minimum Gasteiger partial charge on any atom is -0.475 e. The van der Waals surface area contributed by atoms with E-state index >= 15 is 0 Å². The smallest absolute Gasteiger partial charge is 0.475 e. The first-order valence-electron chi connectivity index (χ1n) is 13.6. The molecule has 5 rings (SSSR count). The van der Waals surface area contributed by atoms with Crippen molar-refractivity contribution in [3.05, 3.63) is 78.2 Å². The number of nitrogens with zero attached hydrogens (tertiary/aromatic N) is 4. The van der Waals surface area contributed by atoms with Gasteiger partial charge in [0.2, 0.25) is 11.8 Å². The number of carboxylic acid groups (broad SMARTS) is 1. The summed E-state index contributed by atoms with van der Waals surface area (Å²) >= 11 is 0. The van der Waals surface area contributed by atoms with Crippen molar-refractivity contribution in [2.24, 2.45) is 0 Å². The Balaban J connectivity index is 0.000000566. The molecule has 1 amide bonds. The number of anilines is 2. The lowest BCUT2D eigenvalue weighted by Gasteiger charge is -2.30. The zero-order valence-corrected chi connectivity index (χ0v) is 23.8. The Morgan fingerprint density at radius 2 is 1.57 bits per heavy atom. The number of carbonyl (C=O) groups is 2. The summed E-state index contributed by atoms with van der Waals surface area (Å²) in [4.78, 5) is 37.6. The molecule has 0 saturated heterocycles. The summed E-state index contributed by atoms with van der Waals surface area (Å²) in [6.45, 7) is 0. The minimum atomic E-state index is -5.08. The Bertz CT molecular complexity index is 1590. The zero-order chi connectivity index (χ0) is 31.9. The highest BCUT2D eigenvalue weighted by Gasteiger charge is 2.38. The highest BCUT2D eigenvalue weighted by Crippen LogP contribution is 2.27. The van der Waals surface area contributed by atoms with Crippen molar-refractivity contribution in [2.75, 3.05) is 24.3 Å². The van der Waals surface area contributed by atoms with Crippen LogP contribution in [0.4, 0.5) is 29.3 Å². The van der Waals surface area contributed by atoms with Crippen molar-refractivity contribution in [1.29, 1.82) is 0 Å². The van der Waals surface area contributed by atoms with Crippen molar-refractivity contribution in [3.63, 3.8) is 0 Å². The van der Waals surface area contributed by atoms with Gasteiger partial charge in [0.25, 0.3) is 5.91 Å². The van der Waals surface area contributed by atoms with E-state index in [-0.39, 0.29) is 29.7 Å². The van der Waals surface area contributed by atoms with Gasteiger partial charge in [-0.1, -0.05) is 12.1 Å². The fourth-order valence-electron chi connectivity index (χ4n) is 4.55. The minimum absolute atomic E-state index is 0.0410. The van der Waals surface area contributed by atoms with Crippen LogP contribution in [0.1, 0.15) is 36.0 Å². The summed E-state index contributed by atoms with van der Waals surface area (Å²) in [5, 5.41) is 14.8. The molecule has 0 spiro atoms. The molecule has 44 heavy (non-hydrogen) atoms. The lowest BCUT2D eigenvalue weighted by Crippen LogP contribution is -2.40. The Hall–Kier alpha value is -5.01. The SMILES string of the molecule is CN(C)c1nc(NC2CCC(NC(=O)c3cccnc3Oc3ccc(F)cc3)CC2)nc2ccccc12.O=C(O)C(F)(F)F. The maximum absolute atomic E-state index is 13.2. The van der Waals surface area contributed by atoms with Crippen LogP contribution in [-0.4, -0.2) is 64.3 Å². The predicted octanol–water partition coefficient (Wildman–Crippen LogP) is 5.81. The number of halogens is 4. The van der Waals surface area contributed by atoms with Gasteiger partial charge in [-0.15, -0.1) is 0 Å². The average molecular weight is 615 g/mol. The van der Waals surface area contributed by atoms with Gasteiger partial charge >= 0.3 is 12.1 Å². The third-order valence-electron chi connectivity index (χ3n) is 6.69. The van der Waals surface area contributed by atoms with E-state index in [1.165, 1.54) is 24.3 Å². The molecule has 1 aliphatic rings. The summed E-state index contributed by atoms with van der Waals surface area (Å²) < 4.78 is 50.7. The quantitative estimate of drug-likeness (QED) is 0.221. The molecule has 0 unspecified atom stereocenters. The number of carboxylic acids is 1. The van der Waals surface area contributed by atoms with Gasteiger partial charge in [0, 0.05) is 37.8 Å². The van der Waals surface area contributed by atoms with Crippen molar-refractivity contribution in [2.45, 2.75) is 43.9 Å². The van der Waals surface area contributed by atoms with Crippen molar-refractivity contribution >= 4 is 34.5 Å². The van der Waals surface area contributed by atoms with Gasteiger partial charge < -0.3 is 25.4 Å². The third-order valence-corrected chi connectivity index (χ3v) is 6.69. The number of amides is 1. The van der Waals surface area contributed by atoms with Gasteiger partial charge in [0.05, 0.1) is 5.52 Å². The predicted molar refractivity (Wildman–Crippen MR) is 155 cm³/mol. The van der Waals surface area contributed by atoms with Crippen LogP contribution in [0.15, 0.2) is 66.9 Å². The maximum atomic E-state index is 13.2. The fourth-order valence-corrected chi connectivity index (χ4v) is 4.55. The number of alkyl halides is 3. The van der Waals surface area contributed by atoms with Crippen LogP contribution in [0.2, 0.25) is 0 Å². The van der Waals surface area contributed by atoms with E-state index in [2.05, 4.69) is 15.6 Å². The molecule has 10 nitrogen and oxygen atoms in total. The average Bonchev–Trinajstić information content (AvgIpc) is 2.99. The van der Waals surface area contributed by atoms with E-state index in [0.717, 1.165) is 42.4 Å². The molecule has 2 aromatic heterocycles. The monoisotopic (exact) mass is 614 g/mol. The molecule has 4 aromatic rings. The van der Waals surface area contributed by atoms with E-state index in [1.54, 1.807) is 18.3 Å². The van der Waals surface area contributed by atoms with E-state index in [0.29, 0.717) is 17.3 Å². The topological polar surface area (TPSA) is 130 Å². The van der Waals surface area contributed by atoms with Crippen LogP contribution in [-0.2, 0) is 4.79 Å². The number of hydrogen-bond acceptors (Lipinski definition) is 8. The number of para-hydroxylation sites is 1. The molecule has 1 fully saturated rings. The zero-order valence-electron chi connectivity index (χ0n) is 23.8. The number of carbonyl (C=O) groups excluding carboxylic acids is 1. The molecule has 0 aliphatic heterocycles. The number of aromatic nitrogens is 3. The summed E-state index contributed by atoms with van der Waals surface area (Å²) in [6.07, 6.45) is -0.115. The van der Waals surface area contributed by atoms with Crippen LogP contribution < -0.4 is 20.3 Å². The number of rotatable bonds is 7. The molecular formula is C30H30F4N6O4. The van der Waals surface area contributed by atoms with Gasteiger partial charge in [0.15, 0.2) is 0 Å². The molecule has 1 saturated carbocycles. The Morgan fingerprint density at radius 3 is 2.20 bits per heavy atom. The summed E-state index contributed by atoms with van der Waals surface area (Å²) in [5.74, 6) is -1.26. The van der Waals surface area contributed by atoms with Crippen molar-refractivity contribution in [1.82, 2.24) is 20.3 Å². The van der Waals surface area contributed by atoms with Gasteiger partial charge in [0.1, 0.15) is 22.9 Å². The maximum Gasteiger partial charge on any atom is 0.490 e. The molecule has 2 heterocycles. The van der Waals surface area contributed by atoms with Crippen LogP contribution in [0.25, 0.3) is 10.9 Å². The summed E-state index contributed by atoms with van der Waals surface area (Å²) in [6, 6.07) is 17.2. The first-order valence-corrected chi connectivity index (χ1v) is 13.6. The van der Waals surface area contributed by atoms with Crippen molar-refractivity contribution < 1.29 is 37.0 Å². The second-order valence-electron chi connectivity index (χ2n) is 10.2. The Labute approximate surface area is 250 Å². The normalized spacial score (nSPS) is 16.3. The molecular weight excluding hydrogens is 584 g/mol. The number of nitrogens with one attached hydrogen (secondary N) is 2. The van der Waals surface area contributed by atoms with Crippen LogP contribution in [0.5, 0.6) is 11.6 Å². The molecule has 3 N–H and O–H groups in total. The molecule has 2 aromatic carbocycles. The Morgan fingerprint density at radius 1 is 0.932 bits per heavy atom. The summed E-state index contributed by atoms with van der Waals surface area (Å²) in [7, 11) is 3.95. The molecule has 0 bridgehead atoms. The fraction of sp³-hybridized carbons (Fsp3) is 0.300. The number of ether oxygens (including phenoxy) is 1. The largest absolute Gasteiger partial charge is 0.490 e. The lowest BCUT2D eigenvalue weighted by molar-refractivity contribution is -0.192. The van der Waals surface area contributed by atoms with Gasteiger partial charge in [-0.3, -0.25) is 4.79 Å². The van der Waals surface area contributed by atoms with E-state index in [1.807, 2.05) is 43.3 Å². The Kier molecular flexibility index (Phi) is 10.1. The highest BCUT2D eigenvalue weighted by molar-refractivity contribution is 5.96. The van der Waals surface area contributed by atoms with Crippen LogP contribution in [0.3, 0.4) is 0 Å². The second kappa shape index (κ2) is 14.0. The number of benzene rings is 2. The first-order chi connectivity index (χ1) is 20.9. The summed E-state index contributed by atoms with van der Waals surface area (Å²) in [5.41, 5.74) is 1.24. The molecule has 1 aliphatic carbocycles. The van der Waals surface area contributed by atoms with Crippen LogP contribution in [0, 0.1) is 5.82 Å². The molecule has 232 valence electrons. The standard InChI is InChI=1S/C28H29FN6O2.C2HF3O2/c1-35(2)25-22-6-3-4-8-24(22)33-28(34-25)32-20-13-11-19(12-14-20)31-26(36)23-7-5-17-30-27(23)37-21-15-9-18(29)10-16-21;3-2(4,5)1(6)7/h3-10,15-17,19-20H,11-14H2,1-2H3,(H,31,36)(H,32,33,34);(H,6,7). The van der Waals surface area contributed by atoms with E-state index in [4.69, 9.17) is 24.6 Å². The van der Waals surface area contributed by atoms with Gasteiger partial charge in [-0.25, -0.2) is 19.2 Å².